The summed E-state index contributed by atoms with van der Waals surface area (Å²) in [5.74, 6) is 1.05. The largest absolute Gasteiger partial charge is 0.379 e. The number of hydrogen-bond donors (Lipinski definition) is 1. The van der Waals surface area contributed by atoms with Crippen LogP contribution in [0.4, 0.5) is 0 Å². The molecule has 7 heteroatoms. The normalized spacial score (nSPS) is 20.8. The van der Waals surface area contributed by atoms with Gasteiger partial charge in [-0.1, -0.05) is 0 Å². The number of aliphatic imine (C=N–C) groups is 1. The van der Waals surface area contributed by atoms with E-state index >= 15 is 0 Å². The van der Waals surface area contributed by atoms with Gasteiger partial charge in [0.05, 0.1) is 19.3 Å². The van der Waals surface area contributed by atoms with Gasteiger partial charge in [-0.3, -0.25) is 9.89 Å². The van der Waals surface area contributed by atoms with Gasteiger partial charge in [-0.15, -0.1) is 24.0 Å². The number of hydrogen-bond acceptors (Lipinski definition) is 4. The van der Waals surface area contributed by atoms with Gasteiger partial charge in [0.15, 0.2) is 5.96 Å². The Bertz CT molecular complexity index is 343. The molecule has 24 heavy (non-hydrogen) atoms. The molecule has 1 N–H and O–H groups in total. The fourth-order valence-corrected chi connectivity index (χ4v) is 3.29. The van der Waals surface area contributed by atoms with Crippen LogP contribution in [0.2, 0.25) is 0 Å². The molecule has 2 aliphatic rings. The molecular formula is C17H35IN4O2. The van der Waals surface area contributed by atoms with Crippen molar-refractivity contribution in [3.8, 4) is 0 Å². The second kappa shape index (κ2) is 13.1. The van der Waals surface area contributed by atoms with E-state index in [1.54, 1.807) is 0 Å². The first-order valence-corrected chi connectivity index (χ1v) is 9.20. The Labute approximate surface area is 164 Å². The van der Waals surface area contributed by atoms with Crippen LogP contribution in [0, 0.1) is 0 Å². The summed E-state index contributed by atoms with van der Waals surface area (Å²) < 4.78 is 11.1. The third kappa shape index (κ3) is 7.84. The number of ether oxygens (including phenoxy) is 2. The predicted octanol–water partition coefficient (Wildman–Crippen LogP) is 1.79. The van der Waals surface area contributed by atoms with Crippen LogP contribution < -0.4 is 5.32 Å². The van der Waals surface area contributed by atoms with E-state index < -0.39 is 0 Å². The fraction of sp³-hybridized carbons (Fsp3) is 0.941. The second-order valence-electron chi connectivity index (χ2n) is 6.28. The third-order valence-corrected chi connectivity index (χ3v) is 4.64. The van der Waals surface area contributed by atoms with Gasteiger partial charge < -0.3 is 19.7 Å². The summed E-state index contributed by atoms with van der Waals surface area (Å²) in [6, 6.07) is 0. The van der Waals surface area contributed by atoms with Gasteiger partial charge in [0.25, 0.3) is 0 Å². The minimum Gasteiger partial charge on any atom is -0.379 e. The van der Waals surface area contributed by atoms with Crippen LogP contribution in [0.25, 0.3) is 0 Å². The van der Waals surface area contributed by atoms with E-state index in [0.717, 1.165) is 71.3 Å². The zero-order chi connectivity index (χ0) is 16.3. The number of unbranched alkanes of at least 4 members (excludes halogenated alkanes) is 1. The highest BCUT2D eigenvalue weighted by molar-refractivity contribution is 14.0. The van der Waals surface area contributed by atoms with Gasteiger partial charge in [-0.05, 0) is 39.2 Å². The molecular weight excluding hydrogens is 419 g/mol. The third-order valence-electron chi connectivity index (χ3n) is 4.64. The molecule has 2 fully saturated rings. The van der Waals surface area contributed by atoms with Crippen molar-refractivity contribution in [3.63, 3.8) is 0 Å². The summed E-state index contributed by atoms with van der Waals surface area (Å²) in [5.41, 5.74) is 0. The molecule has 0 spiro atoms. The second-order valence-corrected chi connectivity index (χ2v) is 6.28. The molecule has 0 aliphatic carbocycles. The zero-order valence-corrected chi connectivity index (χ0v) is 17.7. The van der Waals surface area contributed by atoms with Gasteiger partial charge in [-0.25, -0.2) is 0 Å². The quantitative estimate of drug-likeness (QED) is 0.275. The predicted molar refractivity (Wildman–Crippen MR) is 109 cm³/mol. The first-order valence-electron chi connectivity index (χ1n) is 9.20. The molecule has 142 valence electrons. The topological polar surface area (TPSA) is 49.3 Å². The Morgan fingerprint density at radius 1 is 1.17 bits per heavy atom. The van der Waals surface area contributed by atoms with Crippen LogP contribution in [-0.2, 0) is 9.47 Å². The lowest BCUT2D eigenvalue weighted by Crippen LogP contribution is -2.47. The number of piperidine rings is 1. The SMILES string of the molecule is CCOC1CCN(C(=NC)NCCCCN2CCOCC2)CC1.I. The monoisotopic (exact) mass is 454 g/mol. The molecule has 0 radical (unpaired) electrons. The molecule has 0 aromatic carbocycles. The molecule has 2 heterocycles. The van der Waals surface area contributed by atoms with Gasteiger partial charge in [0.1, 0.15) is 0 Å². The van der Waals surface area contributed by atoms with E-state index in [4.69, 9.17) is 9.47 Å². The van der Waals surface area contributed by atoms with E-state index in [-0.39, 0.29) is 24.0 Å². The highest BCUT2D eigenvalue weighted by atomic mass is 127. The summed E-state index contributed by atoms with van der Waals surface area (Å²) in [7, 11) is 1.88. The van der Waals surface area contributed by atoms with Crippen LogP contribution >= 0.6 is 24.0 Å². The van der Waals surface area contributed by atoms with Crippen LogP contribution in [-0.4, -0.2) is 88.0 Å². The van der Waals surface area contributed by atoms with Gasteiger partial charge in [0.2, 0.25) is 0 Å². The van der Waals surface area contributed by atoms with Crippen LogP contribution in [0.15, 0.2) is 4.99 Å². The van der Waals surface area contributed by atoms with Crippen molar-refractivity contribution in [2.75, 3.05) is 66.1 Å². The number of guanidine groups is 1. The van der Waals surface area contributed by atoms with Gasteiger partial charge in [0, 0.05) is 46.4 Å². The average Bonchev–Trinajstić information content (AvgIpc) is 2.60. The minimum absolute atomic E-state index is 0. The van der Waals surface area contributed by atoms with Crippen LogP contribution in [0.1, 0.15) is 32.6 Å². The number of halogens is 1. The molecule has 0 amide bonds. The van der Waals surface area contributed by atoms with E-state index in [0.29, 0.717) is 6.10 Å². The Kier molecular flexibility index (Phi) is 12.0. The maximum atomic E-state index is 5.71. The number of morpholine rings is 1. The smallest absolute Gasteiger partial charge is 0.193 e. The average molecular weight is 454 g/mol. The van der Waals surface area contributed by atoms with E-state index in [1.807, 2.05) is 7.05 Å². The lowest BCUT2D eigenvalue weighted by Gasteiger charge is -2.34. The molecule has 0 atom stereocenters. The van der Waals surface area contributed by atoms with E-state index in [1.165, 1.54) is 19.4 Å². The van der Waals surface area contributed by atoms with E-state index in [2.05, 4.69) is 27.0 Å². The maximum absolute atomic E-state index is 5.71. The molecule has 0 aromatic rings. The maximum Gasteiger partial charge on any atom is 0.193 e. The summed E-state index contributed by atoms with van der Waals surface area (Å²) >= 11 is 0. The number of nitrogens with one attached hydrogen (secondary N) is 1. The molecule has 6 nitrogen and oxygen atoms in total. The Balaban J connectivity index is 0.00000288. The van der Waals surface area contributed by atoms with Gasteiger partial charge in [-0.2, -0.15) is 0 Å². The Morgan fingerprint density at radius 3 is 2.50 bits per heavy atom. The van der Waals surface area contributed by atoms with Crippen molar-refractivity contribution in [1.82, 2.24) is 15.1 Å². The molecule has 2 rings (SSSR count). The minimum atomic E-state index is 0. The van der Waals surface area contributed by atoms with Gasteiger partial charge >= 0.3 is 0 Å². The number of likely N-dealkylation sites (tertiary alicyclic amines) is 1. The molecule has 2 aliphatic heterocycles. The molecule has 0 bridgehead atoms. The van der Waals surface area contributed by atoms with Crippen molar-refractivity contribution >= 4 is 29.9 Å². The molecule has 2 saturated heterocycles. The number of nitrogens with zero attached hydrogens (tertiary/aromatic N) is 3. The summed E-state index contributed by atoms with van der Waals surface area (Å²) in [6.45, 7) is 11.1. The Hall–Kier alpha value is -0.120. The first kappa shape index (κ1) is 21.9. The van der Waals surface area contributed by atoms with Crippen molar-refractivity contribution < 1.29 is 9.47 Å². The van der Waals surface area contributed by atoms with Crippen molar-refractivity contribution in [1.29, 1.82) is 0 Å². The van der Waals surface area contributed by atoms with Crippen molar-refractivity contribution in [3.05, 3.63) is 0 Å². The zero-order valence-electron chi connectivity index (χ0n) is 15.3. The lowest BCUT2D eigenvalue weighted by molar-refractivity contribution is 0.0263. The standard InChI is InChI=1S/C17H34N4O2.HI/c1-3-23-16-6-10-21(11-7-16)17(18-2)19-8-4-5-9-20-12-14-22-15-13-20;/h16H,3-15H2,1-2H3,(H,18,19);1H. The summed E-state index contributed by atoms with van der Waals surface area (Å²) in [5, 5.41) is 3.52. The van der Waals surface area contributed by atoms with Crippen molar-refractivity contribution in [2.24, 2.45) is 4.99 Å². The molecule has 0 unspecified atom stereocenters. The molecule has 0 saturated carbocycles. The molecule has 0 aromatic heterocycles. The fourth-order valence-electron chi connectivity index (χ4n) is 3.29. The van der Waals surface area contributed by atoms with Crippen LogP contribution in [0.5, 0.6) is 0 Å². The first-order chi connectivity index (χ1) is 11.3. The highest BCUT2D eigenvalue weighted by Gasteiger charge is 2.21. The van der Waals surface area contributed by atoms with E-state index in [9.17, 15) is 0 Å². The highest BCUT2D eigenvalue weighted by Crippen LogP contribution is 2.13. The van der Waals surface area contributed by atoms with Crippen LogP contribution in [0.3, 0.4) is 0 Å². The summed E-state index contributed by atoms with van der Waals surface area (Å²) in [4.78, 5) is 9.29. The lowest BCUT2D eigenvalue weighted by atomic mass is 10.1. The Morgan fingerprint density at radius 2 is 1.88 bits per heavy atom. The van der Waals surface area contributed by atoms with Crippen molar-refractivity contribution in [2.45, 2.75) is 38.7 Å². The number of rotatable bonds is 7. The summed E-state index contributed by atoms with van der Waals surface area (Å²) in [6.07, 6.45) is 5.06.